The van der Waals surface area contributed by atoms with Crippen molar-refractivity contribution in [3.63, 3.8) is 0 Å². The van der Waals surface area contributed by atoms with Gasteiger partial charge < -0.3 is 10.1 Å². The van der Waals surface area contributed by atoms with Gasteiger partial charge in [0, 0.05) is 17.0 Å². The third-order valence-electron chi connectivity index (χ3n) is 4.39. The topological polar surface area (TPSA) is 21.3 Å². The smallest absolute Gasteiger partial charge is 0.123 e. The molecule has 0 saturated heterocycles. The Labute approximate surface area is 116 Å². The summed E-state index contributed by atoms with van der Waals surface area (Å²) in [5, 5.41) is 3.73. The lowest BCUT2D eigenvalue weighted by Crippen LogP contribution is -2.24. The lowest BCUT2D eigenvalue weighted by Gasteiger charge is -2.21. The third-order valence-corrected chi connectivity index (χ3v) is 4.39. The maximum atomic E-state index is 5.79. The third kappa shape index (κ3) is 2.51. The Kier molecular flexibility index (Phi) is 3.30. The molecule has 0 spiro atoms. The molecule has 1 aromatic carbocycles. The van der Waals surface area contributed by atoms with Gasteiger partial charge in [0.15, 0.2) is 0 Å². The van der Waals surface area contributed by atoms with E-state index in [1.165, 1.54) is 30.4 Å². The molecule has 0 aromatic heterocycles. The summed E-state index contributed by atoms with van der Waals surface area (Å²) in [6, 6.07) is 7.35. The summed E-state index contributed by atoms with van der Waals surface area (Å²) in [5.74, 6) is 1.92. The van der Waals surface area contributed by atoms with E-state index in [1.807, 2.05) is 0 Å². The lowest BCUT2D eigenvalue weighted by molar-refractivity contribution is 0.291. The normalized spacial score (nSPS) is 21.8. The van der Waals surface area contributed by atoms with E-state index in [0.717, 1.165) is 24.8 Å². The van der Waals surface area contributed by atoms with E-state index in [9.17, 15) is 0 Å². The minimum absolute atomic E-state index is 0.157. The van der Waals surface area contributed by atoms with Crippen LogP contribution in [0.4, 0.5) is 0 Å². The summed E-state index contributed by atoms with van der Waals surface area (Å²) < 4.78 is 5.79. The number of rotatable bonds is 5. The van der Waals surface area contributed by atoms with Gasteiger partial charge in [0.25, 0.3) is 0 Å². The van der Waals surface area contributed by atoms with Crippen LogP contribution in [0.15, 0.2) is 18.2 Å². The summed E-state index contributed by atoms with van der Waals surface area (Å²) in [7, 11) is 0. The second-order valence-corrected chi connectivity index (χ2v) is 6.70. The molecule has 2 aliphatic rings. The van der Waals surface area contributed by atoms with E-state index in [2.05, 4.69) is 44.3 Å². The van der Waals surface area contributed by atoms with E-state index in [1.54, 1.807) is 0 Å². The zero-order valence-corrected chi connectivity index (χ0v) is 12.3. The molecule has 1 heterocycles. The van der Waals surface area contributed by atoms with Crippen molar-refractivity contribution in [1.29, 1.82) is 0 Å². The fourth-order valence-electron chi connectivity index (χ4n) is 3.02. The van der Waals surface area contributed by atoms with Gasteiger partial charge in [-0.1, -0.05) is 26.8 Å². The van der Waals surface area contributed by atoms with Gasteiger partial charge in [-0.3, -0.25) is 0 Å². The number of ether oxygens (including phenoxy) is 1. The van der Waals surface area contributed by atoms with Gasteiger partial charge in [-0.15, -0.1) is 0 Å². The predicted octanol–water partition coefficient (Wildman–Crippen LogP) is 3.81. The van der Waals surface area contributed by atoms with Crippen molar-refractivity contribution in [2.45, 2.75) is 51.5 Å². The summed E-state index contributed by atoms with van der Waals surface area (Å²) in [6.45, 7) is 8.69. The Bertz CT molecular complexity index is 462. The summed E-state index contributed by atoms with van der Waals surface area (Å²) >= 11 is 0. The standard InChI is InChI=1S/C17H25NO/c1-4-9-18-16(12-5-6-12)13-7-8-15-14(10-13)17(2,3)11-19-15/h7-8,10,12,16,18H,4-6,9,11H2,1-3H3. The van der Waals surface area contributed by atoms with Crippen LogP contribution in [-0.4, -0.2) is 13.2 Å². The highest BCUT2D eigenvalue weighted by molar-refractivity contribution is 5.46. The molecule has 2 heteroatoms. The molecular weight excluding hydrogens is 234 g/mol. The Morgan fingerprint density at radius 3 is 2.84 bits per heavy atom. The molecule has 0 radical (unpaired) electrons. The van der Waals surface area contributed by atoms with Gasteiger partial charge in [0.05, 0.1) is 6.61 Å². The Balaban J connectivity index is 1.88. The number of benzene rings is 1. The predicted molar refractivity (Wildman–Crippen MR) is 78.7 cm³/mol. The molecule has 0 bridgehead atoms. The van der Waals surface area contributed by atoms with Gasteiger partial charge in [-0.05, 0) is 49.4 Å². The van der Waals surface area contributed by atoms with Crippen LogP contribution in [0.25, 0.3) is 0 Å². The molecule has 2 nitrogen and oxygen atoms in total. The highest BCUT2D eigenvalue weighted by atomic mass is 16.5. The minimum Gasteiger partial charge on any atom is -0.492 e. The highest BCUT2D eigenvalue weighted by Gasteiger charge is 2.35. The van der Waals surface area contributed by atoms with Crippen LogP contribution < -0.4 is 10.1 Å². The summed E-state index contributed by atoms with van der Waals surface area (Å²) in [5.41, 5.74) is 2.99. The largest absolute Gasteiger partial charge is 0.492 e. The van der Waals surface area contributed by atoms with Crippen LogP contribution in [0.1, 0.15) is 57.2 Å². The molecule has 19 heavy (non-hydrogen) atoms. The molecule has 0 amide bonds. The van der Waals surface area contributed by atoms with E-state index in [4.69, 9.17) is 4.74 Å². The molecule has 1 unspecified atom stereocenters. The van der Waals surface area contributed by atoms with Gasteiger partial charge in [-0.25, -0.2) is 0 Å². The molecule has 1 aliphatic heterocycles. The fraction of sp³-hybridized carbons (Fsp3) is 0.647. The minimum atomic E-state index is 0.157. The van der Waals surface area contributed by atoms with Crippen LogP contribution in [0.2, 0.25) is 0 Å². The number of fused-ring (bicyclic) bond motifs is 1. The van der Waals surface area contributed by atoms with E-state index < -0.39 is 0 Å². The Hall–Kier alpha value is -1.02. The van der Waals surface area contributed by atoms with Gasteiger partial charge >= 0.3 is 0 Å². The SMILES string of the molecule is CCCNC(c1ccc2c(c1)C(C)(C)CO2)C1CC1. The second-order valence-electron chi connectivity index (χ2n) is 6.70. The van der Waals surface area contributed by atoms with E-state index in [-0.39, 0.29) is 5.41 Å². The van der Waals surface area contributed by atoms with Crippen LogP contribution >= 0.6 is 0 Å². The molecule has 3 rings (SSSR count). The first-order valence-electron chi connectivity index (χ1n) is 7.62. The van der Waals surface area contributed by atoms with Gasteiger partial charge in [0.1, 0.15) is 5.75 Å². The highest BCUT2D eigenvalue weighted by Crippen LogP contribution is 2.44. The van der Waals surface area contributed by atoms with Crippen LogP contribution in [0.3, 0.4) is 0 Å². The first kappa shape index (κ1) is 13.0. The van der Waals surface area contributed by atoms with E-state index >= 15 is 0 Å². The number of hydrogen-bond acceptors (Lipinski definition) is 2. The molecule has 104 valence electrons. The van der Waals surface area contributed by atoms with Gasteiger partial charge in [-0.2, -0.15) is 0 Å². The number of hydrogen-bond donors (Lipinski definition) is 1. The summed E-state index contributed by atoms with van der Waals surface area (Å²) in [4.78, 5) is 0. The molecule has 1 saturated carbocycles. The molecule has 1 atom stereocenters. The average molecular weight is 259 g/mol. The lowest BCUT2D eigenvalue weighted by atomic mass is 9.85. The molecule has 1 aromatic rings. The molecule has 1 aliphatic carbocycles. The monoisotopic (exact) mass is 259 g/mol. The van der Waals surface area contributed by atoms with Crippen LogP contribution in [0, 0.1) is 5.92 Å². The van der Waals surface area contributed by atoms with E-state index in [0.29, 0.717) is 6.04 Å². The zero-order valence-electron chi connectivity index (χ0n) is 12.3. The van der Waals surface area contributed by atoms with Crippen molar-refractivity contribution in [3.05, 3.63) is 29.3 Å². The first-order chi connectivity index (χ1) is 9.12. The maximum Gasteiger partial charge on any atom is 0.123 e. The van der Waals surface area contributed by atoms with Crippen molar-refractivity contribution >= 4 is 0 Å². The Morgan fingerprint density at radius 2 is 2.16 bits per heavy atom. The number of nitrogens with one attached hydrogen (secondary N) is 1. The van der Waals surface area contributed by atoms with Crippen molar-refractivity contribution in [1.82, 2.24) is 5.32 Å². The van der Waals surface area contributed by atoms with Crippen LogP contribution in [0.5, 0.6) is 5.75 Å². The maximum absolute atomic E-state index is 5.79. The van der Waals surface area contributed by atoms with Gasteiger partial charge in [0.2, 0.25) is 0 Å². The van der Waals surface area contributed by atoms with Crippen molar-refractivity contribution < 1.29 is 4.74 Å². The average Bonchev–Trinajstić information content (AvgIpc) is 3.17. The quantitative estimate of drug-likeness (QED) is 0.868. The summed E-state index contributed by atoms with van der Waals surface area (Å²) in [6.07, 6.45) is 3.94. The van der Waals surface area contributed by atoms with Crippen molar-refractivity contribution in [2.24, 2.45) is 5.92 Å². The van der Waals surface area contributed by atoms with Crippen LogP contribution in [-0.2, 0) is 5.41 Å². The fourth-order valence-corrected chi connectivity index (χ4v) is 3.02. The molecular formula is C17H25NO. The van der Waals surface area contributed by atoms with Crippen molar-refractivity contribution in [3.8, 4) is 5.75 Å². The Morgan fingerprint density at radius 1 is 1.37 bits per heavy atom. The van der Waals surface area contributed by atoms with Crippen molar-refractivity contribution in [2.75, 3.05) is 13.2 Å². The molecule has 1 fully saturated rings. The molecule has 1 N–H and O–H groups in total. The second kappa shape index (κ2) is 4.82. The zero-order chi connectivity index (χ0) is 13.5. The first-order valence-corrected chi connectivity index (χ1v) is 7.62.